The predicted molar refractivity (Wildman–Crippen MR) is 74.1 cm³/mol. The zero-order valence-corrected chi connectivity index (χ0v) is 12.2. The third-order valence-corrected chi connectivity index (χ3v) is 4.43. The van der Waals surface area contributed by atoms with Crippen LogP contribution in [0.1, 0.15) is 72.6 Å². The van der Waals surface area contributed by atoms with Crippen LogP contribution < -0.4 is 5.73 Å². The van der Waals surface area contributed by atoms with E-state index in [1.165, 1.54) is 25.7 Å². The zero-order chi connectivity index (χ0) is 12.9. The van der Waals surface area contributed by atoms with Crippen molar-refractivity contribution in [3.8, 4) is 0 Å². The van der Waals surface area contributed by atoms with E-state index >= 15 is 0 Å². The summed E-state index contributed by atoms with van der Waals surface area (Å²) in [7, 11) is 0. The van der Waals surface area contributed by atoms with E-state index < -0.39 is 0 Å². The Labute approximate surface area is 107 Å². The highest BCUT2D eigenvalue weighted by Gasteiger charge is 2.42. The van der Waals surface area contributed by atoms with Gasteiger partial charge in [0.15, 0.2) is 0 Å². The van der Waals surface area contributed by atoms with Crippen LogP contribution in [0.5, 0.6) is 0 Å². The van der Waals surface area contributed by atoms with Crippen molar-refractivity contribution >= 4 is 0 Å². The van der Waals surface area contributed by atoms with Gasteiger partial charge >= 0.3 is 0 Å². The molecule has 0 aromatic rings. The maximum atomic E-state index is 6.42. The van der Waals surface area contributed by atoms with E-state index in [2.05, 4.69) is 27.7 Å². The second-order valence-corrected chi connectivity index (χ2v) is 6.41. The van der Waals surface area contributed by atoms with Crippen molar-refractivity contribution in [1.29, 1.82) is 0 Å². The van der Waals surface area contributed by atoms with E-state index in [1.54, 1.807) is 0 Å². The fourth-order valence-corrected chi connectivity index (χ4v) is 2.95. The van der Waals surface area contributed by atoms with Gasteiger partial charge in [-0.1, -0.05) is 33.6 Å². The molecule has 102 valence electrons. The lowest BCUT2D eigenvalue weighted by Gasteiger charge is -2.46. The molecule has 0 aliphatic heterocycles. The topological polar surface area (TPSA) is 35.2 Å². The third kappa shape index (κ3) is 3.96. The average Bonchev–Trinajstić information content (AvgIpc) is 2.29. The molecule has 1 saturated carbocycles. The van der Waals surface area contributed by atoms with Gasteiger partial charge in [0.25, 0.3) is 0 Å². The summed E-state index contributed by atoms with van der Waals surface area (Å²) in [4.78, 5) is 0. The van der Waals surface area contributed by atoms with Crippen LogP contribution in [0.2, 0.25) is 0 Å². The molecule has 1 atom stereocenters. The summed E-state index contributed by atoms with van der Waals surface area (Å²) in [5.74, 6) is 0. The molecule has 0 heterocycles. The molecular weight excluding hydrogens is 210 g/mol. The molecule has 1 aliphatic carbocycles. The van der Waals surface area contributed by atoms with Gasteiger partial charge in [-0.05, 0) is 44.4 Å². The Morgan fingerprint density at radius 3 is 2.18 bits per heavy atom. The Morgan fingerprint density at radius 1 is 1.12 bits per heavy atom. The van der Waals surface area contributed by atoms with Crippen LogP contribution in [0.15, 0.2) is 0 Å². The summed E-state index contributed by atoms with van der Waals surface area (Å²) >= 11 is 0. The molecule has 17 heavy (non-hydrogen) atoms. The van der Waals surface area contributed by atoms with Crippen LogP contribution in [-0.4, -0.2) is 18.2 Å². The Morgan fingerprint density at radius 2 is 1.71 bits per heavy atom. The van der Waals surface area contributed by atoms with Gasteiger partial charge in [0.1, 0.15) is 0 Å². The molecule has 0 aromatic heterocycles. The molecule has 0 saturated heterocycles. The van der Waals surface area contributed by atoms with Crippen LogP contribution in [-0.2, 0) is 4.74 Å². The van der Waals surface area contributed by atoms with Crippen LogP contribution in [0.3, 0.4) is 0 Å². The molecule has 1 fully saturated rings. The van der Waals surface area contributed by atoms with Crippen molar-refractivity contribution in [2.45, 2.75) is 84.3 Å². The first-order valence-electron chi connectivity index (χ1n) is 7.35. The molecule has 1 rings (SSSR count). The van der Waals surface area contributed by atoms with Gasteiger partial charge in [0, 0.05) is 12.6 Å². The van der Waals surface area contributed by atoms with E-state index in [0.717, 1.165) is 25.9 Å². The maximum Gasteiger partial charge on any atom is 0.0832 e. The number of nitrogens with two attached hydrogens (primary N) is 1. The van der Waals surface area contributed by atoms with E-state index in [1.807, 2.05) is 0 Å². The van der Waals surface area contributed by atoms with Gasteiger partial charge in [0.2, 0.25) is 0 Å². The molecule has 0 bridgehead atoms. The minimum Gasteiger partial charge on any atom is -0.374 e. The van der Waals surface area contributed by atoms with Gasteiger partial charge in [0.05, 0.1) is 5.60 Å². The molecule has 2 N–H and O–H groups in total. The monoisotopic (exact) mass is 241 g/mol. The number of ether oxygens (including phenoxy) is 1. The van der Waals surface area contributed by atoms with Gasteiger partial charge in [-0.2, -0.15) is 0 Å². The highest BCUT2D eigenvalue weighted by atomic mass is 16.5. The largest absolute Gasteiger partial charge is 0.374 e. The molecule has 0 spiro atoms. The number of hydrogen-bond donors (Lipinski definition) is 1. The molecule has 0 amide bonds. The average molecular weight is 241 g/mol. The number of unbranched alkanes of at least 4 members (excludes halogenated alkanes) is 1. The van der Waals surface area contributed by atoms with E-state index in [0.29, 0.717) is 5.41 Å². The van der Waals surface area contributed by atoms with Crippen molar-refractivity contribution in [1.82, 2.24) is 0 Å². The fraction of sp³-hybridized carbons (Fsp3) is 1.00. The zero-order valence-electron chi connectivity index (χ0n) is 12.2. The number of rotatable bonds is 6. The Hall–Kier alpha value is -0.0800. The van der Waals surface area contributed by atoms with E-state index in [-0.39, 0.29) is 11.6 Å². The summed E-state index contributed by atoms with van der Waals surface area (Å²) in [5.41, 5.74) is 6.87. The van der Waals surface area contributed by atoms with Crippen molar-refractivity contribution in [2.75, 3.05) is 6.61 Å². The van der Waals surface area contributed by atoms with Crippen molar-refractivity contribution in [2.24, 2.45) is 11.1 Å². The Bertz CT molecular complexity index is 215. The first-order chi connectivity index (χ1) is 7.96. The first-order valence-corrected chi connectivity index (χ1v) is 7.35. The summed E-state index contributed by atoms with van der Waals surface area (Å²) in [6.45, 7) is 9.83. The molecule has 0 aromatic carbocycles. The lowest BCUT2D eigenvalue weighted by atomic mass is 9.68. The van der Waals surface area contributed by atoms with Gasteiger partial charge in [-0.3, -0.25) is 0 Å². The third-order valence-electron chi connectivity index (χ3n) is 4.43. The molecule has 1 aliphatic rings. The predicted octanol–water partition coefficient (Wildman–Crippen LogP) is 3.88. The summed E-state index contributed by atoms with van der Waals surface area (Å²) < 4.78 is 6.10. The molecule has 1 unspecified atom stereocenters. The Kier molecular flexibility index (Phi) is 5.46. The SMILES string of the molecule is CCCCC(N)C1(OCC)CCC(C)(C)CC1. The van der Waals surface area contributed by atoms with Gasteiger partial charge in [-0.15, -0.1) is 0 Å². The second kappa shape index (κ2) is 6.19. The minimum atomic E-state index is -0.0283. The summed E-state index contributed by atoms with van der Waals surface area (Å²) in [6.07, 6.45) is 8.31. The standard InChI is InChI=1S/C15H31NO/c1-5-7-8-13(16)15(17-6-2)11-9-14(3,4)10-12-15/h13H,5-12,16H2,1-4H3. The molecule has 2 heteroatoms. The molecule has 2 nitrogen and oxygen atoms in total. The van der Waals surface area contributed by atoms with E-state index in [9.17, 15) is 0 Å². The molecule has 0 radical (unpaired) electrons. The molecular formula is C15H31NO. The van der Waals surface area contributed by atoms with Gasteiger partial charge in [-0.25, -0.2) is 0 Å². The Balaban J connectivity index is 2.63. The van der Waals surface area contributed by atoms with Crippen LogP contribution in [0.4, 0.5) is 0 Å². The quantitative estimate of drug-likeness (QED) is 0.766. The number of hydrogen-bond acceptors (Lipinski definition) is 2. The van der Waals surface area contributed by atoms with Crippen molar-refractivity contribution in [3.05, 3.63) is 0 Å². The highest BCUT2D eigenvalue weighted by molar-refractivity contribution is 4.97. The summed E-state index contributed by atoms with van der Waals surface area (Å²) in [5, 5.41) is 0. The smallest absolute Gasteiger partial charge is 0.0832 e. The van der Waals surface area contributed by atoms with E-state index in [4.69, 9.17) is 10.5 Å². The summed E-state index contributed by atoms with van der Waals surface area (Å²) in [6, 6.07) is 0.221. The fourth-order valence-electron chi connectivity index (χ4n) is 2.95. The lowest BCUT2D eigenvalue weighted by Crippen LogP contribution is -2.53. The minimum absolute atomic E-state index is 0.0283. The van der Waals surface area contributed by atoms with Crippen molar-refractivity contribution in [3.63, 3.8) is 0 Å². The maximum absolute atomic E-state index is 6.42. The highest BCUT2D eigenvalue weighted by Crippen LogP contribution is 2.43. The van der Waals surface area contributed by atoms with Crippen LogP contribution in [0, 0.1) is 5.41 Å². The first kappa shape index (κ1) is 15.0. The second-order valence-electron chi connectivity index (χ2n) is 6.41. The lowest BCUT2D eigenvalue weighted by molar-refractivity contribution is -0.100. The van der Waals surface area contributed by atoms with Gasteiger partial charge < -0.3 is 10.5 Å². The normalized spacial score (nSPS) is 24.5. The van der Waals surface area contributed by atoms with Crippen LogP contribution in [0.25, 0.3) is 0 Å². The van der Waals surface area contributed by atoms with Crippen LogP contribution >= 0.6 is 0 Å². The van der Waals surface area contributed by atoms with Crippen molar-refractivity contribution < 1.29 is 4.74 Å².